The van der Waals surface area contributed by atoms with E-state index in [2.05, 4.69) is 0 Å². The van der Waals surface area contributed by atoms with Crippen LogP contribution in [0.15, 0.2) is 17.0 Å². The van der Waals surface area contributed by atoms with Crippen molar-refractivity contribution >= 4 is 16.0 Å². The molecule has 16 heavy (non-hydrogen) atoms. The number of nitrogens with two attached hydrogens (primary N) is 1. The number of hydrogen-bond acceptors (Lipinski definition) is 4. The Labute approximate surface area is 90.9 Å². The number of carboxylic acids is 1. The zero-order chi connectivity index (χ0) is 12.5. The molecule has 1 aromatic carbocycles. The Hall–Kier alpha value is -1.51. The van der Waals surface area contributed by atoms with Crippen LogP contribution in [0.25, 0.3) is 0 Å². The molecule has 88 valence electrons. The first kappa shape index (κ1) is 12.6. The maximum absolute atomic E-state index is 13.3. The van der Waals surface area contributed by atoms with Crippen LogP contribution in [-0.4, -0.2) is 19.5 Å². The Morgan fingerprint density at radius 3 is 2.50 bits per heavy atom. The molecule has 4 N–H and O–H groups in total. The van der Waals surface area contributed by atoms with Crippen LogP contribution in [0.2, 0.25) is 0 Å². The largest absolute Gasteiger partial charge is 0.478 e. The van der Waals surface area contributed by atoms with Gasteiger partial charge in [0, 0.05) is 0 Å². The van der Waals surface area contributed by atoms with Gasteiger partial charge in [-0.15, -0.1) is 0 Å². The average molecular weight is 248 g/mol. The first-order valence-electron chi connectivity index (χ1n) is 4.05. The minimum Gasteiger partial charge on any atom is -0.478 e. The molecule has 0 saturated heterocycles. The lowest BCUT2D eigenvalue weighted by atomic mass is 10.1. The lowest BCUT2D eigenvalue weighted by Crippen LogP contribution is -2.30. The lowest BCUT2D eigenvalue weighted by Gasteiger charge is -2.06. The van der Waals surface area contributed by atoms with Crippen molar-refractivity contribution in [2.24, 2.45) is 5.84 Å². The molecule has 0 unspecified atom stereocenters. The van der Waals surface area contributed by atoms with Crippen molar-refractivity contribution in [2.45, 2.75) is 11.8 Å². The molecule has 0 heterocycles. The standard InChI is InChI=1S/C8H9FN2O4S/c1-4-2-5(16(14,15)11-10)3-6(7(4)9)8(12)13/h2-3,11H,10H2,1H3,(H,12,13). The van der Waals surface area contributed by atoms with E-state index in [0.717, 1.165) is 6.07 Å². The van der Waals surface area contributed by atoms with Crippen LogP contribution in [0.5, 0.6) is 0 Å². The molecule has 1 rings (SSSR count). The van der Waals surface area contributed by atoms with Crippen LogP contribution in [0.4, 0.5) is 4.39 Å². The molecule has 0 aliphatic rings. The number of sulfonamides is 1. The first-order chi connectivity index (χ1) is 7.29. The Morgan fingerprint density at radius 1 is 1.50 bits per heavy atom. The SMILES string of the molecule is Cc1cc(S(=O)(=O)NN)cc(C(=O)O)c1F. The van der Waals surface area contributed by atoms with Gasteiger partial charge < -0.3 is 5.11 Å². The summed E-state index contributed by atoms with van der Waals surface area (Å²) in [7, 11) is -4.00. The second kappa shape index (κ2) is 4.16. The molecule has 0 bridgehead atoms. The van der Waals surface area contributed by atoms with Gasteiger partial charge in [0.25, 0.3) is 10.0 Å². The summed E-state index contributed by atoms with van der Waals surface area (Å²) in [4.78, 5) is 11.8. The van der Waals surface area contributed by atoms with Crippen LogP contribution in [0, 0.1) is 12.7 Å². The van der Waals surface area contributed by atoms with Crippen molar-refractivity contribution in [3.8, 4) is 0 Å². The zero-order valence-electron chi connectivity index (χ0n) is 8.19. The highest BCUT2D eigenvalue weighted by molar-refractivity contribution is 7.89. The van der Waals surface area contributed by atoms with Gasteiger partial charge in [0.1, 0.15) is 5.82 Å². The zero-order valence-corrected chi connectivity index (χ0v) is 9.01. The predicted octanol–water partition coefficient (Wildman–Crippen LogP) is -0.0157. The fourth-order valence-corrected chi connectivity index (χ4v) is 1.86. The molecule has 0 aliphatic carbocycles. The number of hydrazine groups is 1. The van der Waals surface area contributed by atoms with Gasteiger partial charge in [-0.2, -0.15) is 4.83 Å². The fraction of sp³-hybridized carbons (Fsp3) is 0.125. The van der Waals surface area contributed by atoms with Gasteiger partial charge in [0.15, 0.2) is 0 Å². The number of benzene rings is 1. The van der Waals surface area contributed by atoms with E-state index < -0.39 is 32.3 Å². The van der Waals surface area contributed by atoms with Gasteiger partial charge in [0.05, 0.1) is 10.5 Å². The molecule has 0 atom stereocenters. The molecule has 0 amide bonds. The summed E-state index contributed by atoms with van der Waals surface area (Å²) in [6.45, 7) is 1.26. The monoisotopic (exact) mass is 248 g/mol. The molecule has 6 nitrogen and oxygen atoms in total. The number of aryl methyl sites for hydroxylation is 1. The maximum Gasteiger partial charge on any atom is 0.338 e. The highest BCUT2D eigenvalue weighted by Crippen LogP contribution is 2.18. The van der Waals surface area contributed by atoms with E-state index in [1.54, 1.807) is 0 Å². The van der Waals surface area contributed by atoms with Gasteiger partial charge in [-0.1, -0.05) is 0 Å². The summed E-state index contributed by atoms with van der Waals surface area (Å²) >= 11 is 0. The van der Waals surface area contributed by atoms with Crippen molar-refractivity contribution in [1.82, 2.24) is 4.83 Å². The summed E-state index contributed by atoms with van der Waals surface area (Å²) < 4.78 is 35.9. The number of halogens is 1. The third kappa shape index (κ3) is 2.18. The van der Waals surface area contributed by atoms with Crippen LogP contribution in [-0.2, 0) is 10.0 Å². The number of aromatic carboxylic acids is 1. The molecule has 0 saturated carbocycles. The highest BCUT2D eigenvalue weighted by Gasteiger charge is 2.20. The van der Waals surface area contributed by atoms with E-state index in [9.17, 15) is 17.6 Å². The summed E-state index contributed by atoms with van der Waals surface area (Å²) in [5.74, 6) is 2.26. The van der Waals surface area contributed by atoms with Crippen molar-refractivity contribution < 1.29 is 22.7 Å². The van der Waals surface area contributed by atoms with Crippen molar-refractivity contribution in [1.29, 1.82) is 0 Å². The number of hydrogen-bond donors (Lipinski definition) is 3. The van der Waals surface area contributed by atoms with Gasteiger partial charge >= 0.3 is 5.97 Å². The fourth-order valence-electron chi connectivity index (χ4n) is 1.12. The second-order valence-electron chi connectivity index (χ2n) is 3.03. The van der Waals surface area contributed by atoms with Crippen LogP contribution < -0.4 is 10.7 Å². The highest BCUT2D eigenvalue weighted by atomic mass is 32.2. The minimum absolute atomic E-state index is 0.0891. The van der Waals surface area contributed by atoms with E-state index in [0.29, 0.717) is 6.07 Å². The van der Waals surface area contributed by atoms with Crippen LogP contribution in [0.1, 0.15) is 15.9 Å². The Morgan fingerprint density at radius 2 is 2.06 bits per heavy atom. The summed E-state index contributed by atoms with van der Waals surface area (Å²) in [5.41, 5.74) is -0.803. The van der Waals surface area contributed by atoms with Gasteiger partial charge in [-0.3, -0.25) is 5.84 Å². The lowest BCUT2D eigenvalue weighted by molar-refractivity contribution is 0.0691. The number of rotatable bonds is 3. The number of carboxylic acid groups (broad SMARTS) is 1. The van der Waals surface area contributed by atoms with E-state index >= 15 is 0 Å². The molecule has 0 radical (unpaired) electrons. The first-order valence-corrected chi connectivity index (χ1v) is 5.53. The second-order valence-corrected chi connectivity index (χ2v) is 4.74. The van der Waals surface area contributed by atoms with Crippen molar-refractivity contribution in [2.75, 3.05) is 0 Å². The third-order valence-corrected chi connectivity index (χ3v) is 3.09. The molecule has 0 aromatic heterocycles. The summed E-state index contributed by atoms with van der Waals surface area (Å²) in [6, 6.07) is 1.71. The molecule has 1 aromatic rings. The van der Waals surface area contributed by atoms with Crippen molar-refractivity contribution in [3.63, 3.8) is 0 Å². The molecule has 0 aliphatic heterocycles. The van der Waals surface area contributed by atoms with Crippen LogP contribution >= 0.6 is 0 Å². The summed E-state index contributed by atoms with van der Waals surface area (Å²) in [5, 5.41) is 8.67. The maximum atomic E-state index is 13.3. The van der Waals surface area contributed by atoms with Gasteiger partial charge in [-0.25, -0.2) is 17.6 Å². The Bertz CT molecular complexity index is 541. The van der Waals surface area contributed by atoms with E-state index in [4.69, 9.17) is 10.9 Å². The Kier molecular flexibility index (Phi) is 3.27. The van der Waals surface area contributed by atoms with Gasteiger partial charge in [0.2, 0.25) is 0 Å². The average Bonchev–Trinajstić information content (AvgIpc) is 2.21. The molecular formula is C8H9FN2O4S. The van der Waals surface area contributed by atoms with Gasteiger partial charge in [-0.05, 0) is 24.6 Å². The van der Waals surface area contributed by atoms with Crippen molar-refractivity contribution in [3.05, 3.63) is 29.1 Å². The quantitative estimate of drug-likeness (QED) is 0.514. The molecule has 8 heteroatoms. The normalized spacial score (nSPS) is 11.4. The van der Waals surface area contributed by atoms with Crippen LogP contribution in [0.3, 0.4) is 0 Å². The smallest absolute Gasteiger partial charge is 0.338 e. The molecule has 0 spiro atoms. The topological polar surface area (TPSA) is 109 Å². The Balaban J connectivity index is 3.53. The number of carbonyl (C=O) groups is 1. The third-order valence-electron chi connectivity index (χ3n) is 1.92. The number of nitrogens with one attached hydrogen (secondary N) is 1. The van der Waals surface area contributed by atoms with E-state index in [-0.39, 0.29) is 5.56 Å². The van der Waals surface area contributed by atoms with E-state index in [1.165, 1.54) is 11.8 Å². The molecular weight excluding hydrogens is 239 g/mol. The molecule has 0 fully saturated rings. The van der Waals surface area contributed by atoms with E-state index in [1.807, 2.05) is 0 Å². The minimum atomic E-state index is -4.00. The predicted molar refractivity (Wildman–Crippen MR) is 52.6 cm³/mol. The summed E-state index contributed by atoms with van der Waals surface area (Å²) in [6.07, 6.45) is 0.